The summed E-state index contributed by atoms with van der Waals surface area (Å²) in [5.74, 6) is -0.145. The Morgan fingerprint density at radius 1 is 1.12 bits per heavy atom. The largest absolute Gasteiger partial charge is 0.351 e. The number of rotatable bonds is 6. The predicted octanol–water partition coefficient (Wildman–Crippen LogP) is 2.84. The minimum atomic E-state index is -0.145. The van der Waals surface area contributed by atoms with E-state index in [1.54, 1.807) is 10.9 Å². The van der Waals surface area contributed by atoms with Gasteiger partial charge in [-0.25, -0.2) is 0 Å². The van der Waals surface area contributed by atoms with Crippen molar-refractivity contribution in [2.45, 2.75) is 12.8 Å². The van der Waals surface area contributed by atoms with Gasteiger partial charge in [0.2, 0.25) is 0 Å². The average molecular weight is 320 g/mol. The fraction of sp³-hybridized carbons (Fsp3) is 0.211. The third-order valence-corrected chi connectivity index (χ3v) is 3.80. The minimum absolute atomic E-state index is 0.145. The molecule has 5 heteroatoms. The van der Waals surface area contributed by atoms with Crippen LogP contribution in [0.2, 0.25) is 0 Å². The van der Waals surface area contributed by atoms with E-state index in [9.17, 15) is 4.79 Å². The van der Waals surface area contributed by atoms with E-state index in [2.05, 4.69) is 15.4 Å². The molecule has 122 valence electrons. The van der Waals surface area contributed by atoms with Crippen LogP contribution in [-0.2, 0) is 13.5 Å². The second-order valence-electron chi connectivity index (χ2n) is 5.58. The zero-order valence-electron chi connectivity index (χ0n) is 13.6. The van der Waals surface area contributed by atoms with Crippen molar-refractivity contribution in [2.75, 3.05) is 6.54 Å². The molecule has 0 saturated carbocycles. The van der Waals surface area contributed by atoms with Gasteiger partial charge in [0.15, 0.2) is 5.69 Å². The molecule has 0 unspecified atom stereocenters. The highest BCUT2D eigenvalue weighted by Crippen LogP contribution is 2.19. The molecule has 1 N–H and O–H groups in total. The third-order valence-electron chi connectivity index (χ3n) is 3.80. The summed E-state index contributed by atoms with van der Waals surface area (Å²) in [6.45, 7) is 0.604. The van der Waals surface area contributed by atoms with Crippen molar-refractivity contribution in [3.8, 4) is 11.3 Å². The zero-order valence-corrected chi connectivity index (χ0v) is 13.6. The fourth-order valence-electron chi connectivity index (χ4n) is 2.57. The number of pyridine rings is 1. The van der Waals surface area contributed by atoms with Gasteiger partial charge in [0.05, 0.1) is 5.69 Å². The normalized spacial score (nSPS) is 10.5. The van der Waals surface area contributed by atoms with Gasteiger partial charge in [-0.3, -0.25) is 14.5 Å². The van der Waals surface area contributed by atoms with Gasteiger partial charge in [0.1, 0.15) is 0 Å². The van der Waals surface area contributed by atoms with E-state index in [1.807, 2.05) is 61.6 Å². The lowest BCUT2D eigenvalue weighted by atomic mass is 10.1. The summed E-state index contributed by atoms with van der Waals surface area (Å²) in [4.78, 5) is 16.5. The molecule has 0 atom stereocenters. The lowest BCUT2D eigenvalue weighted by molar-refractivity contribution is 0.0947. The monoisotopic (exact) mass is 320 g/mol. The molecule has 0 saturated heterocycles. The Bertz CT molecular complexity index is 797. The van der Waals surface area contributed by atoms with Gasteiger partial charge in [-0.15, -0.1) is 0 Å². The van der Waals surface area contributed by atoms with Crippen LogP contribution in [0.25, 0.3) is 11.3 Å². The summed E-state index contributed by atoms with van der Waals surface area (Å²) >= 11 is 0. The maximum atomic E-state index is 12.3. The number of carbonyl (C=O) groups excluding carboxylic acids is 1. The molecule has 1 aromatic carbocycles. The molecule has 1 amide bonds. The number of aromatic nitrogens is 3. The Morgan fingerprint density at radius 3 is 2.67 bits per heavy atom. The van der Waals surface area contributed by atoms with Crippen molar-refractivity contribution in [3.05, 3.63) is 72.2 Å². The van der Waals surface area contributed by atoms with Gasteiger partial charge in [-0.1, -0.05) is 36.4 Å². The molecule has 0 radical (unpaired) electrons. The van der Waals surface area contributed by atoms with Crippen LogP contribution >= 0.6 is 0 Å². The van der Waals surface area contributed by atoms with E-state index >= 15 is 0 Å². The maximum Gasteiger partial charge on any atom is 0.271 e. The third kappa shape index (κ3) is 3.87. The Hall–Kier alpha value is -2.95. The van der Waals surface area contributed by atoms with Crippen LogP contribution in [0.3, 0.4) is 0 Å². The number of carbonyl (C=O) groups is 1. The standard InChI is InChI=1S/C19H20N4O/c1-23-18(15-8-3-2-4-9-15)14-17(22-23)19(24)21-13-7-11-16-10-5-6-12-20-16/h2-6,8-10,12,14H,7,11,13H2,1H3,(H,21,24). The number of hydrogen-bond donors (Lipinski definition) is 1. The van der Waals surface area contributed by atoms with Gasteiger partial charge in [0.25, 0.3) is 5.91 Å². The van der Waals surface area contributed by atoms with Crippen LogP contribution in [0.15, 0.2) is 60.8 Å². The molecule has 2 heterocycles. The first kappa shape index (κ1) is 15.9. The SMILES string of the molecule is Cn1nc(C(=O)NCCCc2ccccn2)cc1-c1ccccc1. The molecule has 0 aliphatic rings. The molecule has 24 heavy (non-hydrogen) atoms. The summed E-state index contributed by atoms with van der Waals surface area (Å²) in [5.41, 5.74) is 3.45. The van der Waals surface area contributed by atoms with Gasteiger partial charge in [0, 0.05) is 25.5 Å². The summed E-state index contributed by atoms with van der Waals surface area (Å²) < 4.78 is 1.73. The molecular formula is C19H20N4O. The van der Waals surface area contributed by atoms with Gasteiger partial charge in [-0.2, -0.15) is 5.10 Å². The predicted molar refractivity (Wildman–Crippen MR) is 93.5 cm³/mol. The topological polar surface area (TPSA) is 59.8 Å². The number of aryl methyl sites for hydroxylation is 2. The van der Waals surface area contributed by atoms with Crippen molar-refractivity contribution in [3.63, 3.8) is 0 Å². The van der Waals surface area contributed by atoms with Crippen molar-refractivity contribution in [1.82, 2.24) is 20.1 Å². The summed E-state index contributed by atoms with van der Waals surface area (Å²) in [6.07, 6.45) is 3.48. The smallest absolute Gasteiger partial charge is 0.271 e. The van der Waals surface area contributed by atoms with Crippen LogP contribution in [0.4, 0.5) is 0 Å². The molecule has 3 rings (SSSR count). The summed E-state index contributed by atoms with van der Waals surface area (Å²) in [6, 6.07) is 17.6. The zero-order chi connectivity index (χ0) is 16.8. The Balaban J connectivity index is 1.56. The number of benzene rings is 1. The Labute approximate surface area is 141 Å². The molecule has 2 aromatic heterocycles. The highest BCUT2D eigenvalue weighted by Gasteiger charge is 2.13. The van der Waals surface area contributed by atoms with E-state index in [0.717, 1.165) is 29.8 Å². The van der Waals surface area contributed by atoms with E-state index in [-0.39, 0.29) is 5.91 Å². The van der Waals surface area contributed by atoms with Gasteiger partial charge in [-0.05, 0) is 36.6 Å². The maximum absolute atomic E-state index is 12.3. The lowest BCUT2D eigenvalue weighted by Gasteiger charge is -2.02. The van der Waals surface area contributed by atoms with Crippen molar-refractivity contribution >= 4 is 5.91 Å². The number of amides is 1. The Kier molecular flexibility index (Phi) is 5.01. The lowest BCUT2D eigenvalue weighted by Crippen LogP contribution is -2.25. The molecule has 5 nitrogen and oxygen atoms in total. The first-order valence-electron chi connectivity index (χ1n) is 8.01. The van der Waals surface area contributed by atoms with Crippen LogP contribution in [-0.4, -0.2) is 27.2 Å². The van der Waals surface area contributed by atoms with Crippen LogP contribution in [0.5, 0.6) is 0 Å². The van der Waals surface area contributed by atoms with Crippen molar-refractivity contribution < 1.29 is 4.79 Å². The highest BCUT2D eigenvalue weighted by molar-refractivity contribution is 5.93. The first-order chi connectivity index (χ1) is 11.7. The van der Waals surface area contributed by atoms with Crippen molar-refractivity contribution in [1.29, 1.82) is 0 Å². The van der Waals surface area contributed by atoms with Gasteiger partial charge < -0.3 is 5.32 Å². The van der Waals surface area contributed by atoms with Crippen LogP contribution in [0, 0.1) is 0 Å². The van der Waals surface area contributed by atoms with E-state index < -0.39 is 0 Å². The second kappa shape index (κ2) is 7.55. The molecular weight excluding hydrogens is 300 g/mol. The molecule has 0 bridgehead atoms. The summed E-state index contributed by atoms with van der Waals surface area (Å²) in [5, 5.41) is 7.23. The first-order valence-corrected chi connectivity index (χ1v) is 8.01. The van der Waals surface area contributed by atoms with Gasteiger partial charge >= 0.3 is 0 Å². The number of nitrogens with one attached hydrogen (secondary N) is 1. The molecule has 0 spiro atoms. The Morgan fingerprint density at radius 2 is 1.92 bits per heavy atom. The number of hydrogen-bond acceptors (Lipinski definition) is 3. The molecule has 0 aliphatic carbocycles. The molecule has 0 fully saturated rings. The minimum Gasteiger partial charge on any atom is -0.351 e. The van der Waals surface area contributed by atoms with E-state index in [1.165, 1.54) is 0 Å². The fourth-order valence-corrected chi connectivity index (χ4v) is 2.57. The van der Waals surface area contributed by atoms with Crippen LogP contribution in [0.1, 0.15) is 22.6 Å². The van der Waals surface area contributed by atoms with Crippen LogP contribution < -0.4 is 5.32 Å². The van der Waals surface area contributed by atoms with E-state index in [4.69, 9.17) is 0 Å². The average Bonchev–Trinajstić information content (AvgIpc) is 3.02. The molecule has 3 aromatic rings. The summed E-state index contributed by atoms with van der Waals surface area (Å²) in [7, 11) is 1.85. The highest BCUT2D eigenvalue weighted by atomic mass is 16.1. The quantitative estimate of drug-likeness (QED) is 0.711. The van der Waals surface area contributed by atoms with Crippen molar-refractivity contribution in [2.24, 2.45) is 7.05 Å². The molecule has 0 aliphatic heterocycles. The van der Waals surface area contributed by atoms with E-state index in [0.29, 0.717) is 12.2 Å². The number of nitrogens with zero attached hydrogens (tertiary/aromatic N) is 3. The second-order valence-corrected chi connectivity index (χ2v) is 5.58.